The standard InChI is InChI=1S/C16H26O3/c17-15(13-5-3-1-2-4-6-13)14-7-9-19-16(11-14)8-10-18-12-16/h13-14H,1-12H2. The molecule has 1 saturated carbocycles. The maximum Gasteiger partial charge on any atom is 0.139 e. The summed E-state index contributed by atoms with van der Waals surface area (Å²) in [6, 6.07) is 0. The van der Waals surface area contributed by atoms with Crippen LogP contribution in [0.25, 0.3) is 0 Å². The van der Waals surface area contributed by atoms with Gasteiger partial charge in [0.05, 0.1) is 12.2 Å². The first kappa shape index (κ1) is 13.6. The molecule has 1 spiro atoms. The van der Waals surface area contributed by atoms with Crippen LogP contribution in [0.15, 0.2) is 0 Å². The summed E-state index contributed by atoms with van der Waals surface area (Å²) in [5.41, 5.74) is -0.122. The predicted octanol–water partition coefficient (Wildman–Crippen LogP) is 3.11. The summed E-state index contributed by atoms with van der Waals surface area (Å²) in [4.78, 5) is 12.7. The molecule has 3 aliphatic rings. The van der Waals surface area contributed by atoms with E-state index in [1.54, 1.807) is 0 Å². The van der Waals surface area contributed by atoms with Crippen molar-refractivity contribution in [1.29, 1.82) is 0 Å². The van der Waals surface area contributed by atoms with Crippen molar-refractivity contribution in [3.05, 3.63) is 0 Å². The predicted molar refractivity (Wildman–Crippen MR) is 73.0 cm³/mol. The summed E-state index contributed by atoms with van der Waals surface area (Å²) < 4.78 is 11.4. The molecule has 3 fully saturated rings. The van der Waals surface area contributed by atoms with E-state index in [0.717, 1.165) is 45.3 Å². The number of hydrogen-bond acceptors (Lipinski definition) is 3. The van der Waals surface area contributed by atoms with Crippen LogP contribution < -0.4 is 0 Å². The van der Waals surface area contributed by atoms with E-state index >= 15 is 0 Å². The topological polar surface area (TPSA) is 35.5 Å². The van der Waals surface area contributed by atoms with Gasteiger partial charge in [0.25, 0.3) is 0 Å². The zero-order valence-electron chi connectivity index (χ0n) is 11.9. The van der Waals surface area contributed by atoms with Crippen LogP contribution in [0.2, 0.25) is 0 Å². The molecule has 2 unspecified atom stereocenters. The minimum atomic E-state index is -0.122. The smallest absolute Gasteiger partial charge is 0.139 e. The number of rotatable bonds is 2. The normalized spacial score (nSPS) is 37.4. The Bertz CT molecular complexity index is 312. The van der Waals surface area contributed by atoms with Gasteiger partial charge in [0.1, 0.15) is 5.78 Å². The first-order valence-electron chi connectivity index (χ1n) is 8.05. The van der Waals surface area contributed by atoms with Crippen LogP contribution in [0.4, 0.5) is 0 Å². The van der Waals surface area contributed by atoms with Gasteiger partial charge in [0, 0.05) is 31.5 Å². The minimum absolute atomic E-state index is 0.122. The van der Waals surface area contributed by atoms with Crippen molar-refractivity contribution >= 4 is 5.78 Å². The second kappa shape index (κ2) is 5.92. The number of hydrogen-bond donors (Lipinski definition) is 0. The fraction of sp³-hybridized carbons (Fsp3) is 0.938. The summed E-state index contributed by atoms with van der Waals surface area (Å²) in [6.45, 7) is 2.23. The molecule has 0 radical (unpaired) electrons. The van der Waals surface area contributed by atoms with E-state index in [1.165, 1.54) is 25.7 Å². The average molecular weight is 266 g/mol. The molecule has 0 aromatic rings. The highest BCUT2D eigenvalue weighted by molar-refractivity contribution is 5.83. The van der Waals surface area contributed by atoms with Crippen LogP contribution >= 0.6 is 0 Å². The monoisotopic (exact) mass is 266 g/mol. The van der Waals surface area contributed by atoms with Gasteiger partial charge in [-0.25, -0.2) is 0 Å². The maximum atomic E-state index is 12.7. The number of ketones is 1. The molecule has 2 saturated heterocycles. The Hall–Kier alpha value is -0.410. The van der Waals surface area contributed by atoms with Crippen molar-refractivity contribution in [2.24, 2.45) is 11.8 Å². The Balaban J connectivity index is 1.62. The fourth-order valence-corrected chi connectivity index (χ4v) is 4.03. The molecule has 0 bridgehead atoms. The maximum absolute atomic E-state index is 12.7. The molecule has 0 aromatic heterocycles. The lowest BCUT2D eigenvalue weighted by Gasteiger charge is -2.37. The molecular weight excluding hydrogens is 240 g/mol. The van der Waals surface area contributed by atoms with E-state index in [4.69, 9.17) is 9.47 Å². The number of ether oxygens (including phenoxy) is 2. The molecule has 3 rings (SSSR count). The molecule has 1 aliphatic carbocycles. The Morgan fingerprint density at radius 1 is 0.947 bits per heavy atom. The zero-order valence-corrected chi connectivity index (χ0v) is 11.9. The minimum Gasteiger partial charge on any atom is -0.378 e. The van der Waals surface area contributed by atoms with Crippen LogP contribution in [-0.4, -0.2) is 31.2 Å². The zero-order chi connectivity index (χ0) is 13.1. The molecular formula is C16H26O3. The van der Waals surface area contributed by atoms with E-state index in [2.05, 4.69) is 0 Å². The second-order valence-electron chi connectivity index (χ2n) is 6.61. The molecule has 0 amide bonds. The van der Waals surface area contributed by atoms with Crippen LogP contribution in [0.1, 0.15) is 57.8 Å². The largest absolute Gasteiger partial charge is 0.378 e. The highest BCUT2D eigenvalue weighted by Gasteiger charge is 2.43. The van der Waals surface area contributed by atoms with Crippen molar-refractivity contribution in [2.75, 3.05) is 19.8 Å². The summed E-state index contributed by atoms with van der Waals surface area (Å²) in [5, 5.41) is 0. The SMILES string of the molecule is O=C(C1CCCCCC1)C1CCOC2(CCOC2)C1. The third-order valence-electron chi connectivity index (χ3n) is 5.22. The third-order valence-corrected chi connectivity index (χ3v) is 5.22. The fourth-order valence-electron chi connectivity index (χ4n) is 4.03. The van der Waals surface area contributed by atoms with Gasteiger partial charge in [-0.05, 0) is 25.7 Å². The highest BCUT2D eigenvalue weighted by atomic mass is 16.6. The van der Waals surface area contributed by atoms with Gasteiger partial charge in [-0.3, -0.25) is 4.79 Å². The van der Waals surface area contributed by atoms with E-state index in [-0.39, 0.29) is 11.5 Å². The second-order valence-corrected chi connectivity index (χ2v) is 6.61. The first-order chi connectivity index (χ1) is 9.29. The van der Waals surface area contributed by atoms with Crippen LogP contribution in [0, 0.1) is 11.8 Å². The first-order valence-corrected chi connectivity index (χ1v) is 8.05. The van der Waals surface area contributed by atoms with Crippen LogP contribution in [0.5, 0.6) is 0 Å². The average Bonchev–Trinajstić information content (AvgIpc) is 2.72. The van der Waals surface area contributed by atoms with Gasteiger partial charge in [0.2, 0.25) is 0 Å². The molecule has 0 N–H and O–H groups in total. The third kappa shape index (κ3) is 3.03. The van der Waals surface area contributed by atoms with Gasteiger partial charge in [-0.2, -0.15) is 0 Å². The number of carbonyl (C=O) groups excluding carboxylic acids is 1. The quantitative estimate of drug-likeness (QED) is 0.720. The van der Waals surface area contributed by atoms with E-state index < -0.39 is 0 Å². The van der Waals surface area contributed by atoms with Crippen LogP contribution in [-0.2, 0) is 14.3 Å². The van der Waals surface area contributed by atoms with Gasteiger partial charge in [-0.1, -0.05) is 25.7 Å². The van der Waals surface area contributed by atoms with E-state index in [0.29, 0.717) is 18.3 Å². The number of Topliss-reactive ketones (excluding diaryl/α,β-unsaturated/α-hetero) is 1. The summed E-state index contributed by atoms with van der Waals surface area (Å²) in [5.74, 6) is 1.11. The van der Waals surface area contributed by atoms with Crippen molar-refractivity contribution in [3.8, 4) is 0 Å². The highest BCUT2D eigenvalue weighted by Crippen LogP contribution is 2.38. The van der Waals surface area contributed by atoms with Crippen molar-refractivity contribution < 1.29 is 14.3 Å². The lowest BCUT2D eigenvalue weighted by Crippen LogP contribution is -2.43. The van der Waals surface area contributed by atoms with Gasteiger partial charge < -0.3 is 9.47 Å². The molecule has 108 valence electrons. The Labute approximate surface area is 116 Å². The summed E-state index contributed by atoms with van der Waals surface area (Å²) in [7, 11) is 0. The lowest BCUT2D eigenvalue weighted by atomic mass is 9.78. The molecule has 2 aliphatic heterocycles. The van der Waals surface area contributed by atoms with Crippen molar-refractivity contribution in [2.45, 2.75) is 63.4 Å². The molecule has 3 heteroatoms. The number of carbonyl (C=O) groups is 1. The lowest BCUT2D eigenvalue weighted by molar-refractivity contribution is -0.141. The molecule has 2 heterocycles. The van der Waals surface area contributed by atoms with Gasteiger partial charge in [-0.15, -0.1) is 0 Å². The summed E-state index contributed by atoms with van der Waals surface area (Å²) >= 11 is 0. The Kier molecular flexibility index (Phi) is 4.23. The van der Waals surface area contributed by atoms with Crippen LogP contribution in [0.3, 0.4) is 0 Å². The Morgan fingerprint density at radius 2 is 1.74 bits per heavy atom. The van der Waals surface area contributed by atoms with Crippen molar-refractivity contribution in [3.63, 3.8) is 0 Å². The molecule has 19 heavy (non-hydrogen) atoms. The van der Waals surface area contributed by atoms with E-state index in [1.807, 2.05) is 0 Å². The Morgan fingerprint density at radius 3 is 2.42 bits per heavy atom. The van der Waals surface area contributed by atoms with Gasteiger partial charge >= 0.3 is 0 Å². The van der Waals surface area contributed by atoms with Crippen molar-refractivity contribution in [1.82, 2.24) is 0 Å². The van der Waals surface area contributed by atoms with Gasteiger partial charge in [0.15, 0.2) is 0 Å². The molecule has 3 nitrogen and oxygen atoms in total. The summed E-state index contributed by atoms with van der Waals surface area (Å²) in [6.07, 6.45) is 10.2. The molecule has 2 atom stereocenters. The molecule has 0 aromatic carbocycles. The van der Waals surface area contributed by atoms with E-state index in [9.17, 15) is 4.79 Å².